The summed E-state index contributed by atoms with van der Waals surface area (Å²) in [6.07, 6.45) is -0.545. The third-order valence-electron chi connectivity index (χ3n) is 2.93. The molecule has 21 heavy (non-hydrogen) atoms. The maximum Gasteiger partial charge on any atom is 0.191 e. The van der Waals surface area contributed by atoms with E-state index in [1.54, 1.807) is 0 Å². The van der Waals surface area contributed by atoms with Gasteiger partial charge in [0.1, 0.15) is 5.82 Å². The highest BCUT2D eigenvalue weighted by molar-refractivity contribution is 7.99. The molecule has 0 saturated heterocycles. The van der Waals surface area contributed by atoms with Gasteiger partial charge in [0, 0.05) is 12.8 Å². The lowest BCUT2D eigenvalue weighted by atomic mass is 10.2. The first-order valence-electron chi connectivity index (χ1n) is 6.71. The topological polar surface area (TPSA) is 86.2 Å². The average Bonchev–Trinajstić information content (AvgIpc) is 2.86. The van der Waals surface area contributed by atoms with Gasteiger partial charge in [0.15, 0.2) is 5.16 Å². The van der Waals surface area contributed by atoms with E-state index in [4.69, 9.17) is 10.5 Å². The third kappa shape index (κ3) is 4.82. The van der Waals surface area contributed by atoms with Crippen molar-refractivity contribution in [1.82, 2.24) is 14.8 Å². The van der Waals surface area contributed by atoms with Crippen LogP contribution in [0.2, 0.25) is 0 Å². The first kappa shape index (κ1) is 16.0. The van der Waals surface area contributed by atoms with Gasteiger partial charge in [0.2, 0.25) is 0 Å². The van der Waals surface area contributed by atoms with Crippen molar-refractivity contribution in [3.05, 3.63) is 41.7 Å². The molecule has 114 valence electrons. The molecule has 0 fully saturated rings. The fourth-order valence-corrected chi connectivity index (χ4v) is 2.59. The van der Waals surface area contributed by atoms with Gasteiger partial charge in [0.25, 0.3) is 0 Å². The van der Waals surface area contributed by atoms with E-state index >= 15 is 0 Å². The van der Waals surface area contributed by atoms with Crippen LogP contribution >= 0.6 is 11.8 Å². The Kier molecular flexibility index (Phi) is 6.19. The van der Waals surface area contributed by atoms with Crippen LogP contribution in [0.25, 0.3) is 0 Å². The Labute approximate surface area is 128 Å². The quantitative estimate of drug-likeness (QED) is 0.706. The Balaban J connectivity index is 1.70. The maximum atomic E-state index is 9.92. The van der Waals surface area contributed by atoms with Gasteiger partial charge in [0.05, 0.1) is 25.9 Å². The van der Waals surface area contributed by atoms with E-state index in [0.29, 0.717) is 25.5 Å². The van der Waals surface area contributed by atoms with Gasteiger partial charge in [-0.1, -0.05) is 42.1 Å². The zero-order chi connectivity index (χ0) is 15.1. The molecule has 1 atom stereocenters. The highest BCUT2D eigenvalue weighted by atomic mass is 32.2. The van der Waals surface area contributed by atoms with Crippen LogP contribution in [0.1, 0.15) is 11.4 Å². The van der Waals surface area contributed by atoms with Crippen molar-refractivity contribution in [3.8, 4) is 0 Å². The maximum absolute atomic E-state index is 9.92. The van der Waals surface area contributed by atoms with E-state index in [-0.39, 0.29) is 0 Å². The van der Waals surface area contributed by atoms with E-state index in [1.807, 2.05) is 41.9 Å². The number of rotatable bonds is 8. The zero-order valence-corrected chi connectivity index (χ0v) is 12.8. The predicted molar refractivity (Wildman–Crippen MR) is 81.7 cm³/mol. The number of hydrogen-bond acceptors (Lipinski definition) is 6. The Hall–Kier alpha value is -1.41. The molecule has 1 aromatic carbocycles. The SMILES string of the molecule is Cn1c(CN)nnc1SCC(O)COCc1ccccc1. The van der Waals surface area contributed by atoms with Gasteiger partial charge < -0.3 is 20.1 Å². The minimum absolute atomic E-state index is 0.295. The van der Waals surface area contributed by atoms with E-state index in [1.165, 1.54) is 11.8 Å². The van der Waals surface area contributed by atoms with Crippen LogP contribution in [-0.4, -0.2) is 38.3 Å². The van der Waals surface area contributed by atoms with Crippen molar-refractivity contribution in [2.45, 2.75) is 24.4 Å². The summed E-state index contributed by atoms with van der Waals surface area (Å²) in [5.74, 6) is 1.23. The molecule has 0 saturated carbocycles. The van der Waals surface area contributed by atoms with Crippen molar-refractivity contribution in [3.63, 3.8) is 0 Å². The number of aliphatic hydroxyl groups is 1. The van der Waals surface area contributed by atoms with Gasteiger partial charge in [-0.2, -0.15) is 0 Å². The molecule has 1 heterocycles. The predicted octanol–water partition coefficient (Wildman–Crippen LogP) is 0.944. The van der Waals surface area contributed by atoms with Gasteiger partial charge in [-0.05, 0) is 5.56 Å². The Morgan fingerprint density at radius 3 is 2.76 bits per heavy atom. The van der Waals surface area contributed by atoms with Gasteiger partial charge in [-0.15, -0.1) is 10.2 Å². The lowest BCUT2D eigenvalue weighted by molar-refractivity contribution is 0.0397. The third-order valence-corrected chi connectivity index (χ3v) is 4.10. The molecule has 0 spiro atoms. The second-order valence-electron chi connectivity index (χ2n) is 4.63. The van der Waals surface area contributed by atoms with Crippen LogP contribution in [0, 0.1) is 0 Å². The summed E-state index contributed by atoms with van der Waals surface area (Å²) in [7, 11) is 1.86. The van der Waals surface area contributed by atoms with E-state index in [9.17, 15) is 5.11 Å². The molecular formula is C14H20N4O2S. The van der Waals surface area contributed by atoms with Crippen molar-refractivity contribution < 1.29 is 9.84 Å². The molecule has 1 aromatic heterocycles. The van der Waals surface area contributed by atoms with Crippen molar-refractivity contribution in [2.24, 2.45) is 12.8 Å². The summed E-state index contributed by atoms with van der Waals surface area (Å²) in [5.41, 5.74) is 6.63. The summed E-state index contributed by atoms with van der Waals surface area (Å²) in [4.78, 5) is 0. The van der Waals surface area contributed by atoms with Crippen LogP contribution < -0.4 is 5.73 Å². The summed E-state index contributed by atoms with van der Waals surface area (Å²) >= 11 is 1.44. The normalized spacial score (nSPS) is 12.5. The first-order valence-corrected chi connectivity index (χ1v) is 7.70. The lowest BCUT2D eigenvalue weighted by Gasteiger charge is -2.10. The molecule has 2 rings (SSSR count). The molecule has 0 amide bonds. The molecule has 0 aliphatic rings. The fourth-order valence-electron chi connectivity index (χ4n) is 1.75. The fraction of sp³-hybridized carbons (Fsp3) is 0.429. The second kappa shape index (κ2) is 8.14. The number of benzene rings is 1. The van der Waals surface area contributed by atoms with Crippen LogP contribution in [0.3, 0.4) is 0 Å². The molecular weight excluding hydrogens is 288 g/mol. The molecule has 6 nitrogen and oxygen atoms in total. The Morgan fingerprint density at radius 1 is 1.33 bits per heavy atom. The molecule has 1 unspecified atom stereocenters. The van der Waals surface area contributed by atoms with Crippen LogP contribution in [0.5, 0.6) is 0 Å². The van der Waals surface area contributed by atoms with Crippen molar-refractivity contribution in [1.29, 1.82) is 0 Å². The summed E-state index contributed by atoms with van der Waals surface area (Å²) < 4.78 is 7.34. The number of nitrogens with two attached hydrogens (primary N) is 1. The number of thioether (sulfide) groups is 1. The largest absolute Gasteiger partial charge is 0.390 e. The molecule has 0 aliphatic heterocycles. The average molecular weight is 308 g/mol. The van der Waals surface area contributed by atoms with Crippen LogP contribution in [0.4, 0.5) is 0 Å². The standard InChI is InChI=1S/C14H20N4O2S/c1-18-13(7-15)16-17-14(18)21-10-12(19)9-20-8-11-5-3-2-4-6-11/h2-6,12,19H,7-10,15H2,1H3. The Morgan fingerprint density at radius 2 is 2.10 bits per heavy atom. The molecule has 0 aliphatic carbocycles. The number of aliphatic hydroxyl groups excluding tert-OH is 1. The molecule has 3 N–H and O–H groups in total. The highest BCUT2D eigenvalue weighted by Gasteiger charge is 2.11. The van der Waals surface area contributed by atoms with Crippen molar-refractivity contribution in [2.75, 3.05) is 12.4 Å². The van der Waals surface area contributed by atoms with Crippen molar-refractivity contribution >= 4 is 11.8 Å². The van der Waals surface area contributed by atoms with E-state index in [0.717, 1.165) is 16.5 Å². The highest BCUT2D eigenvalue weighted by Crippen LogP contribution is 2.16. The molecule has 0 radical (unpaired) electrons. The number of hydrogen-bond donors (Lipinski definition) is 2. The molecule has 0 bridgehead atoms. The summed E-state index contributed by atoms with van der Waals surface area (Å²) in [5, 5.41) is 18.7. The monoisotopic (exact) mass is 308 g/mol. The van der Waals surface area contributed by atoms with Gasteiger partial charge in [-0.25, -0.2) is 0 Å². The van der Waals surface area contributed by atoms with Crippen LogP contribution in [0.15, 0.2) is 35.5 Å². The second-order valence-corrected chi connectivity index (χ2v) is 5.61. The molecule has 2 aromatic rings. The van der Waals surface area contributed by atoms with Crippen LogP contribution in [-0.2, 0) is 24.9 Å². The smallest absolute Gasteiger partial charge is 0.191 e. The summed E-state index contributed by atoms with van der Waals surface area (Å²) in [6.45, 7) is 1.15. The van der Waals surface area contributed by atoms with E-state index in [2.05, 4.69) is 10.2 Å². The minimum Gasteiger partial charge on any atom is -0.390 e. The number of nitrogens with zero attached hydrogens (tertiary/aromatic N) is 3. The van der Waals surface area contributed by atoms with Gasteiger partial charge >= 0.3 is 0 Å². The molecule has 7 heteroatoms. The van der Waals surface area contributed by atoms with Gasteiger partial charge in [-0.3, -0.25) is 0 Å². The zero-order valence-electron chi connectivity index (χ0n) is 12.0. The number of ether oxygens (including phenoxy) is 1. The summed E-state index contributed by atoms with van der Waals surface area (Å²) in [6, 6.07) is 9.89. The number of aromatic nitrogens is 3. The first-order chi connectivity index (χ1) is 10.2. The lowest BCUT2D eigenvalue weighted by Crippen LogP contribution is -2.18. The Bertz CT molecular complexity index is 547. The minimum atomic E-state index is -0.545. The van der Waals surface area contributed by atoms with E-state index < -0.39 is 6.10 Å².